The third-order valence-electron chi connectivity index (χ3n) is 4.04. The van der Waals surface area contributed by atoms with Gasteiger partial charge in [-0.2, -0.15) is 0 Å². The molecule has 9 heteroatoms. The van der Waals surface area contributed by atoms with Gasteiger partial charge in [0.05, 0.1) is 17.0 Å². The number of rotatable bonds is 10. The average Bonchev–Trinajstić information content (AvgIpc) is 2.67. The van der Waals surface area contributed by atoms with Gasteiger partial charge in [-0.05, 0) is 55.8 Å². The van der Waals surface area contributed by atoms with E-state index in [9.17, 15) is 13.2 Å². The Kier molecular flexibility index (Phi) is 8.16. The maximum atomic E-state index is 12.6. The molecule has 0 aliphatic rings. The van der Waals surface area contributed by atoms with E-state index in [1.165, 1.54) is 25.3 Å². The van der Waals surface area contributed by atoms with Crippen molar-refractivity contribution in [2.24, 2.45) is 0 Å². The molecule has 2 aromatic rings. The van der Waals surface area contributed by atoms with Crippen molar-refractivity contribution in [3.8, 4) is 11.5 Å². The first-order chi connectivity index (χ1) is 13.7. The molecular formula is C20H25ClN2O5S. The average molecular weight is 441 g/mol. The molecule has 158 valence electrons. The van der Waals surface area contributed by atoms with E-state index in [-0.39, 0.29) is 34.2 Å². The van der Waals surface area contributed by atoms with E-state index in [4.69, 9.17) is 21.1 Å². The lowest BCUT2D eigenvalue weighted by Gasteiger charge is -2.14. The minimum atomic E-state index is -3.84. The monoisotopic (exact) mass is 440 g/mol. The second kappa shape index (κ2) is 10.4. The Hall–Kier alpha value is -2.45. The Labute approximate surface area is 176 Å². The van der Waals surface area contributed by atoms with Crippen molar-refractivity contribution in [2.75, 3.05) is 18.4 Å². The fraction of sp³-hybridized carbons (Fsp3) is 0.350. The van der Waals surface area contributed by atoms with E-state index < -0.39 is 10.0 Å². The van der Waals surface area contributed by atoms with Crippen LogP contribution in [0.25, 0.3) is 0 Å². The quantitative estimate of drug-likeness (QED) is 0.585. The zero-order chi connectivity index (χ0) is 21.4. The zero-order valence-electron chi connectivity index (χ0n) is 16.6. The first-order valence-corrected chi connectivity index (χ1v) is 11.0. The highest BCUT2D eigenvalue weighted by molar-refractivity contribution is 7.92. The standard InChI is InChI=1S/C20H25ClN2O5S/c1-4-5-14(2)22-20(24)13-28-19-11-10-17(12-18(19)21)29(25,26)23-15-6-8-16(27-3)9-7-15/h6-12,14,23H,4-5,13H2,1-3H3,(H,22,24)/t14-/m0/s1. The number of carbonyl (C=O) groups is 1. The van der Waals surface area contributed by atoms with Crippen molar-refractivity contribution < 1.29 is 22.7 Å². The summed E-state index contributed by atoms with van der Waals surface area (Å²) in [5.74, 6) is 0.582. The first-order valence-electron chi connectivity index (χ1n) is 9.13. The number of halogens is 1. The predicted octanol–water partition coefficient (Wildman–Crippen LogP) is 3.83. The number of anilines is 1. The number of sulfonamides is 1. The van der Waals surface area contributed by atoms with E-state index in [1.54, 1.807) is 24.3 Å². The highest BCUT2D eigenvalue weighted by Gasteiger charge is 2.17. The van der Waals surface area contributed by atoms with Gasteiger partial charge in [-0.3, -0.25) is 9.52 Å². The van der Waals surface area contributed by atoms with Gasteiger partial charge in [0.25, 0.3) is 15.9 Å². The highest BCUT2D eigenvalue weighted by atomic mass is 35.5. The van der Waals surface area contributed by atoms with Gasteiger partial charge in [-0.15, -0.1) is 0 Å². The molecule has 1 amide bonds. The molecule has 0 spiro atoms. The normalized spacial score (nSPS) is 12.1. The summed E-state index contributed by atoms with van der Waals surface area (Å²) in [4.78, 5) is 11.9. The molecule has 2 aromatic carbocycles. The molecule has 0 saturated heterocycles. The second-order valence-corrected chi connectivity index (χ2v) is 8.56. The van der Waals surface area contributed by atoms with Crippen molar-refractivity contribution in [1.29, 1.82) is 0 Å². The summed E-state index contributed by atoms with van der Waals surface area (Å²) in [6.07, 6.45) is 1.84. The summed E-state index contributed by atoms with van der Waals surface area (Å²) < 4.78 is 38.1. The molecule has 29 heavy (non-hydrogen) atoms. The van der Waals surface area contributed by atoms with Crippen LogP contribution >= 0.6 is 11.6 Å². The van der Waals surface area contributed by atoms with Gasteiger partial charge in [-0.25, -0.2) is 8.42 Å². The second-order valence-electron chi connectivity index (χ2n) is 6.47. The van der Waals surface area contributed by atoms with Crippen LogP contribution in [0.15, 0.2) is 47.4 Å². The Morgan fingerprint density at radius 1 is 1.17 bits per heavy atom. The van der Waals surface area contributed by atoms with Crippen molar-refractivity contribution in [3.63, 3.8) is 0 Å². The number of hydrogen-bond acceptors (Lipinski definition) is 5. The molecule has 0 aromatic heterocycles. The summed E-state index contributed by atoms with van der Waals surface area (Å²) in [6, 6.07) is 10.6. The number of methoxy groups -OCH3 is 1. The molecule has 2 rings (SSSR count). The molecule has 0 radical (unpaired) electrons. The smallest absolute Gasteiger partial charge is 0.261 e. The molecule has 0 aliphatic carbocycles. The molecule has 7 nitrogen and oxygen atoms in total. The third-order valence-corrected chi connectivity index (χ3v) is 5.72. The molecule has 0 unspecified atom stereocenters. The summed E-state index contributed by atoms with van der Waals surface area (Å²) in [5, 5.41) is 2.91. The topological polar surface area (TPSA) is 93.7 Å². The summed E-state index contributed by atoms with van der Waals surface area (Å²) in [7, 11) is -2.31. The van der Waals surface area contributed by atoms with Crippen LogP contribution < -0.4 is 19.5 Å². The molecular weight excluding hydrogens is 416 g/mol. The summed E-state index contributed by atoms with van der Waals surface area (Å²) >= 11 is 6.15. The Balaban J connectivity index is 2.02. The van der Waals surface area contributed by atoms with Gasteiger partial charge in [0.1, 0.15) is 11.5 Å². The predicted molar refractivity (Wildman–Crippen MR) is 113 cm³/mol. The van der Waals surface area contributed by atoms with Crippen LogP contribution in [-0.2, 0) is 14.8 Å². The Morgan fingerprint density at radius 3 is 2.45 bits per heavy atom. The van der Waals surface area contributed by atoms with Gasteiger partial charge in [-0.1, -0.05) is 24.9 Å². The van der Waals surface area contributed by atoms with Gasteiger partial charge in [0.2, 0.25) is 0 Å². The lowest BCUT2D eigenvalue weighted by molar-refractivity contribution is -0.123. The van der Waals surface area contributed by atoms with Crippen molar-refractivity contribution >= 4 is 33.2 Å². The van der Waals surface area contributed by atoms with Crippen molar-refractivity contribution in [1.82, 2.24) is 5.32 Å². The van der Waals surface area contributed by atoms with Gasteiger partial charge in [0, 0.05) is 11.7 Å². The number of carbonyl (C=O) groups excluding carboxylic acids is 1. The van der Waals surface area contributed by atoms with Crippen LogP contribution in [0, 0.1) is 0 Å². The maximum Gasteiger partial charge on any atom is 0.261 e. The fourth-order valence-electron chi connectivity index (χ4n) is 2.60. The van der Waals surface area contributed by atoms with Gasteiger partial charge >= 0.3 is 0 Å². The van der Waals surface area contributed by atoms with Gasteiger partial charge < -0.3 is 14.8 Å². The maximum absolute atomic E-state index is 12.6. The van der Waals surface area contributed by atoms with Crippen LogP contribution in [0.5, 0.6) is 11.5 Å². The number of hydrogen-bond donors (Lipinski definition) is 2. The lowest BCUT2D eigenvalue weighted by atomic mass is 10.2. The summed E-state index contributed by atoms with van der Waals surface area (Å²) in [5.41, 5.74) is 0.389. The number of benzene rings is 2. The molecule has 1 atom stereocenters. The molecule has 0 fully saturated rings. The minimum Gasteiger partial charge on any atom is -0.497 e. The molecule has 0 heterocycles. The number of amides is 1. The van der Waals surface area contributed by atoms with Crippen LogP contribution in [0.4, 0.5) is 5.69 Å². The Bertz CT molecular complexity index is 932. The number of ether oxygens (including phenoxy) is 2. The first kappa shape index (κ1) is 22.8. The Morgan fingerprint density at radius 2 is 1.86 bits per heavy atom. The van der Waals surface area contributed by atoms with E-state index in [2.05, 4.69) is 10.0 Å². The van der Waals surface area contributed by atoms with E-state index in [0.29, 0.717) is 11.4 Å². The lowest BCUT2D eigenvalue weighted by Crippen LogP contribution is -2.35. The highest BCUT2D eigenvalue weighted by Crippen LogP contribution is 2.28. The van der Waals surface area contributed by atoms with Gasteiger partial charge in [0.15, 0.2) is 6.61 Å². The van der Waals surface area contributed by atoms with Crippen molar-refractivity contribution in [2.45, 2.75) is 37.6 Å². The van der Waals surface area contributed by atoms with Crippen LogP contribution in [-0.4, -0.2) is 34.1 Å². The van der Waals surface area contributed by atoms with E-state index in [0.717, 1.165) is 12.8 Å². The van der Waals surface area contributed by atoms with Crippen molar-refractivity contribution in [3.05, 3.63) is 47.5 Å². The molecule has 0 aliphatic heterocycles. The zero-order valence-corrected chi connectivity index (χ0v) is 18.1. The third kappa shape index (κ3) is 6.83. The molecule has 0 bridgehead atoms. The number of nitrogens with one attached hydrogen (secondary N) is 2. The minimum absolute atomic E-state index is 0.0216. The van der Waals surface area contributed by atoms with E-state index in [1.807, 2.05) is 13.8 Å². The molecule has 0 saturated carbocycles. The summed E-state index contributed by atoms with van der Waals surface area (Å²) in [6.45, 7) is 3.76. The van der Waals surface area contributed by atoms with Crippen LogP contribution in [0.2, 0.25) is 5.02 Å². The largest absolute Gasteiger partial charge is 0.497 e. The SMILES string of the molecule is CCC[C@H](C)NC(=O)COc1ccc(S(=O)(=O)Nc2ccc(OC)cc2)cc1Cl. The fourth-order valence-corrected chi connectivity index (χ4v) is 3.99. The van der Waals surface area contributed by atoms with Crippen LogP contribution in [0.1, 0.15) is 26.7 Å². The van der Waals surface area contributed by atoms with E-state index >= 15 is 0 Å². The van der Waals surface area contributed by atoms with Crippen LogP contribution in [0.3, 0.4) is 0 Å². The molecule has 2 N–H and O–H groups in total.